The fourth-order valence-electron chi connectivity index (χ4n) is 7.39. The first-order chi connectivity index (χ1) is 22.8. The number of rotatable bonds is 5. The van der Waals surface area contributed by atoms with Gasteiger partial charge in [0.15, 0.2) is 5.82 Å². The van der Waals surface area contributed by atoms with Crippen LogP contribution in [0.5, 0.6) is 0 Å². The summed E-state index contributed by atoms with van der Waals surface area (Å²) in [6.07, 6.45) is 10.7. The van der Waals surface area contributed by atoms with Gasteiger partial charge >= 0.3 is 0 Å². The zero-order valence-corrected chi connectivity index (χ0v) is 25.6. The highest BCUT2D eigenvalue weighted by Crippen LogP contribution is 2.43. The number of benzene rings is 5. The number of fused-ring (bicyclic) bond motifs is 7. The van der Waals surface area contributed by atoms with Crippen molar-refractivity contribution in [1.29, 1.82) is 0 Å². The van der Waals surface area contributed by atoms with E-state index in [1.165, 1.54) is 38.1 Å². The van der Waals surface area contributed by atoms with Crippen LogP contribution in [0.25, 0.3) is 72.1 Å². The fraction of sp³-hybridized carbons (Fsp3) is 0.0952. The second-order valence-electron chi connectivity index (χ2n) is 12.0. The summed E-state index contributed by atoms with van der Waals surface area (Å²) in [5.74, 6) is 1.66. The zero-order valence-electron chi connectivity index (χ0n) is 25.6. The van der Waals surface area contributed by atoms with Crippen molar-refractivity contribution in [2.24, 2.45) is 0 Å². The molecule has 0 aliphatic heterocycles. The molecule has 0 saturated heterocycles. The Morgan fingerprint density at radius 3 is 1.93 bits per heavy atom. The Morgan fingerprint density at radius 2 is 1.24 bits per heavy atom. The van der Waals surface area contributed by atoms with Gasteiger partial charge in [-0.1, -0.05) is 140 Å². The molecule has 0 bridgehead atoms. The van der Waals surface area contributed by atoms with E-state index in [0.717, 1.165) is 52.4 Å². The number of aromatic nitrogens is 4. The average molecular weight is 593 g/mol. The lowest BCUT2D eigenvalue weighted by Crippen LogP contribution is -2.10. The Hall–Kier alpha value is -5.74. The molecule has 0 saturated carbocycles. The minimum atomic E-state index is 0.209. The number of para-hydroxylation sites is 2. The van der Waals surface area contributed by atoms with Crippen LogP contribution < -0.4 is 0 Å². The number of hydrogen-bond donors (Lipinski definition) is 0. The summed E-state index contributed by atoms with van der Waals surface area (Å²) >= 11 is 0. The molecule has 0 N–H and O–H groups in total. The van der Waals surface area contributed by atoms with E-state index in [-0.39, 0.29) is 6.04 Å². The molecule has 0 spiro atoms. The smallest absolute Gasteiger partial charge is 0.162 e. The van der Waals surface area contributed by atoms with Crippen molar-refractivity contribution in [3.05, 3.63) is 151 Å². The molecule has 1 unspecified atom stereocenters. The highest BCUT2D eigenvalue weighted by atomic mass is 15.1. The van der Waals surface area contributed by atoms with Crippen molar-refractivity contribution in [2.75, 3.05) is 0 Å². The molecule has 0 radical (unpaired) electrons. The van der Waals surface area contributed by atoms with Gasteiger partial charge in [-0.05, 0) is 25.0 Å². The van der Waals surface area contributed by atoms with E-state index in [2.05, 4.69) is 156 Å². The molecule has 46 heavy (non-hydrogen) atoms. The average Bonchev–Trinajstić information content (AvgIpc) is 3.65. The van der Waals surface area contributed by atoms with Crippen molar-refractivity contribution in [3.63, 3.8) is 0 Å². The molecule has 9 rings (SSSR count). The van der Waals surface area contributed by atoms with E-state index in [1.807, 2.05) is 6.07 Å². The second kappa shape index (κ2) is 10.7. The second-order valence-corrected chi connectivity index (χ2v) is 12.0. The van der Waals surface area contributed by atoms with Gasteiger partial charge in [-0.25, -0.2) is 9.97 Å². The van der Waals surface area contributed by atoms with Crippen LogP contribution in [0.2, 0.25) is 0 Å². The van der Waals surface area contributed by atoms with Crippen LogP contribution in [-0.2, 0) is 6.42 Å². The minimum absolute atomic E-state index is 0.209. The molecule has 8 aromatic rings. The largest absolute Gasteiger partial charge is 0.331 e. The lowest BCUT2D eigenvalue weighted by Gasteiger charge is -2.21. The van der Waals surface area contributed by atoms with Crippen molar-refractivity contribution in [2.45, 2.75) is 25.8 Å². The molecule has 220 valence electrons. The highest BCUT2D eigenvalue weighted by Gasteiger charge is 2.26. The third-order valence-corrected chi connectivity index (χ3v) is 9.42. The van der Waals surface area contributed by atoms with E-state index in [9.17, 15) is 0 Å². The maximum Gasteiger partial charge on any atom is 0.162 e. The van der Waals surface area contributed by atoms with E-state index < -0.39 is 0 Å². The van der Waals surface area contributed by atoms with Crippen LogP contribution in [0.4, 0.5) is 0 Å². The van der Waals surface area contributed by atoms with E-state index >= 15 is 0 Å². The Balaban J connectivity index is 1.49. The summed E-state index contributed by atoms with van der Waals surface area (Å²) in [5, 5.41) is 4.98. The Bertz CT molecular complexity index is 2480. The molecule has 4 nitrogen and oxygen atoms in total. The minimum Gasteiger partial charge on any atom is -0.331 e. The Kier molecular flexibility index (Phi) is 6.20. The van der Waals surface area contributed by atoms with Crippen LogP contribution in [0.1, 0.15) is 24.9 Å². The van der Waals surface area contributed by atoms with Gasteiger partial charge in [0.25, 0.3) is 0 Å². The van der Waals surface area contributed by atoms with Crippen molar-refractivity contribution in [3.8, 4) is 28.5 Å². The zero-order chi connectivity index (χ0) is 30.6. The topological polar surface area (TPSA) is 35.6 Å². The van der Waals surface area contributed by atoms with Gasteiger partial charge in [0.1, 0.15) is 5.82 Å². The predicted octanol–water partition coefficient (Wildman–Crippen LogP) is 10.6. The molecular formula is C42H32N4. The van der Waals surface area contributed by atoms with Crippen LogP contribution in [0, 0.1) is 0 Å². The summed E-state index contributed by atoms with van der Waals surface area (Å²) in [4.78, 5) is 10.7. The SMILES string of the molecule is CCc1c(-c2ccccc2)nc(-c2ccccc2)nc1-n1c2ccccc2c2ccc3c4ccccc4n(C4C=CC=CC4)c3c21. The van der Waals surface area contributed by atoms with Crippen molar-refractivity contribution >= 4 is 43.6 Å². The van der Waals surface area contributed by atoms with Gasteiger partial charge in [-0.3, -0.25) is 4.57 Å². The highest BCUT2D eigenvalue weighted by molar-refractivity contribution is 6.23. The molecule has 1 atom stereocenters. The van der Waals surface area contributed by atoms with Crippen LogP contribution >= 0.6 is 0 Å². The number of allylic oxidation sites excluding steroid dienone is 4. The lowest BCUT2D eigenvalue weighted by atomic mass is 10.0. The van der Waals surface area contributed by atoms with Gasteiger partial charge in [0.2, 0.25) is 0 Å². The molecule has 4 heteroatoms. The van der Waals surface area contributed by atoms with Gasteiger partial charge < -0.3 is 4.57 Å². The summed E-state index contributed by atoms with van der Waals surface area (Å²) in [7, 11) is 0. The molecule has 5 aromatic carbocycles. The predicted molar refractivity (Wildman–Crippen MR) is 192 cm³/mol. The van der Waals surface area contributed by atoms with Crippen molar-refractivity contribution < 1.29 is 0 Å². The fourth-order valence-corrected chi connectivity index (χ4v) is 7.39. The van der Waals surface area contributed by atoms with E-state index in [0.29, 0.717) is 0 Å². The quantitative estimate of drug-likeness (QED) is 0.199. The lowest BCUT2D eigenvalue weighted by molar-refractivity contribution is 0.648. The van der Waals surface area contributed by atoms with Gasteiger partial charge in [0.05, 0.1) is 28.3 Å². The Morgan fingerprint density at radius 1 is 0.609 bits per heavy atom. The third-order valence-electron chi connectivity index (χ3n) is 9.42. The Labute approximate surface area is 267 Å². The molecule has 3 heterocycles. The summed E-state index contributed by atoms with van der Waals surface area (Å²) in [6.45, 7) is 2.22. The van der Waals surface area contributed by atoms with Crippen LogP contribution in [-0.4, -0.2) is 19.1 Å². The molecule has 1 aliphatic rings. The van der Waals surface area contributed by atoms with Crippen molar-refractivity contribution in [1.82, 2.24) is 19.1 Å². The first kappa shape index (κ1) is 26.6. The third kappa shape index (κ3) is 4.00. The normalized spacial score (nSPS) is 14.7. The van der Waals surface area contributed by atoms with E-state index in [4.69, 9.17) is 9.97 Å². The molecular weight excluding hydrogens is 560 g/mol. The summed E-state index contributed by atoms with van der Waals surface area (Å²) in [5.41, 5.74) is 9.03. The van der Waals surface area contributed by atoms with E-state index in [1.54, 1.807) is 0 Å². The monoisotopic (exact) mass is 592 g/mol. The maximum absolute atomic E-state index is 5.46. The summed E-state index contributed by atoms with van der Waals surface area (Å²) in [6, 6.07) is 43.4. The van der Waals surface area contributed by atoms with Gasteiger partial charge in [-0.2, -0.15) is 0 Å². The van der Waals surface area contributed by atoms with Gasteiger partial charge in [-0.15, -0.1) is 0 Å². The molecule has 1 aliphatic carbocycles. The number of nitrogens with zero attached hydrogens (tertiary/aromatic N) is 4. The van der Waals surface area contributed by atoms with Crippen LogP contribution in [0.3, 0.4) is 0 Å². The molecule has 0 fully saturated rings. The standard InChI is InChI=1S/C42H32N4/c1-2-31-38(28-16-6-3-7-17-28)43-41(29-18-8-4-9-19-29)44-42(31)46-37-25-15-13-23-33(37)35-27-26-34-32-22-12-14-24-36(32)45(39(34)40(35)46)30-20-10-5-11-21-30/h3-20,22-27,30H,2,21H2,1H3. The first-order valence-corrected chi connectivity index (χ1v) is 16.1. The number of hydrogen-bond acceptors (Lipinski definition) is 2. The summed E-state index contributed by atoms with van der Waals surface area (Å²) < 4.78 is 5.00. The maximum atomic E-state index is 5.46. The molecule has 0 amide bonds. The molecule has 3 aromatic heterocycles. The first-order valence-electron chi connectivity index (χ1n) is 16.1. The van der Waals surface area contributed by atoms with Gasteiger partial charge in [0, 0.05) is 43.8 Å². The van der Waals surface area contributed by atoms with Crippen LogP contribution in [0.15, 0.2) is 146 Å².